The summed E-state index contributed by atoms with van der Waals surface area (Å²) in [6.07, 6.45) is 0. The number of aryl methyl sites for hydroxylation is 1. The molecule has 0 aliphatic carbocycles. The monoisotopic (exact) mass is 346 g/mol. The van der Waals surface area contributed by atoms with E-state index in [1.165, 1.54) is 0 Å². The maximum atomic E-state index is 12.2. The number of amides is 1. The van der Waals surface area contributed by atoms with Crippen molar-refractivity contribution in [3.63, 3.8) is 0 Å². The number of hydrogen-bond acceptors (Lipinski definition) is 6. The molecule has 136 valence electrons. The topological polar surface area (TPSA) is 80.5 Å². The summed E-state index contributed by atoms with van der Waals surface area (Å²) in [5.41, 5.74) is 0.606. The second kappa shape index (κ2) is 9.17. The van der Waals surface area contributed by atoms with E-state index in [4.69, 9.17) is 9.26 Å². The van der Waals surface area contributed by atoms with Crippen molar-refractivity contribution in [3.8, 4) is 5.75 Å². The lowest BCUT2D eigenvalue weighted by molar-refractivity contribution is 0.0938. The maximum Gasteiger partial charge on any atom is 0.251 e. The summed E-state index contributed by atoms with van der Waals surface area (Å²) >= 11 is 0. The van der Waals surface area contributed by atoms with E-state index in [9.17, 15) is 4.79 Å². The Labute approximate surface area is 148 Å². The molecule has 7 heteroatoms. The van der Waals surface area contributed by atoms with Gasteiger partial charge >= 0.3 is 0 Å². The first-order valence-corrected chi connectivity index (χ1v) is 8.57. The molecule has 0 saturated heterocycles. The van der Waals surface area contributed by atoms with Gasteiger partial charge in [0.05, 0.1) is 0 Å². The van der Waals surface area contributed by atoms with E-state index in [0.717, 1.165) is 13.1 Å². The normalized spacial score (nSPS) is 12.2. The van der Waals surface area contributed by atoms with Crippen molar-refractivity contribution in [1.82, 2.24) is 20.4 Å². The summed E-state index contributed by atoms with van der Waals surface area (Å²) in [4.78, 5) is 18.6. The van der Waals surface area contributed by atoms with Crippen LogP contribution in [0.1, 0.15) is 42.8 Å². The molecule has 0 radical (unpaired) electrons. The highest BCUT2D eigenvalue weighted by Gasteiger charge is 2.12. The maximum absolute atomic E-state index is 12.2. The SMILES string of the molecule is CCN(CC)C(C)CNC(=O)c1ccc(OCc2noc(C)n2)cc1. The Morgan fingerprint density at radius 1 is 1.28 bits per heavy atom. The molecule has 1 heterocycles. The van der Waals surface area contributed by atoms with E-state index in [2.05, 4.69) is 41.1 Å². The molecule has 7 nitrogen and oxygen atoms in total. The second-order valence-corrected chi connectivity index (χ2v) is 5.82. The minimum absolute atomic E-state index is 0.0839. The molecule has 0 spiro atoms. The van der Waals surface area contributed by atoms with Crippen molar-refractivity contribution in [2.24, 2.45) is 0 Å². The average molecular weight is 346 g/mol. The number of carbonyl (C=O) groups is 1. The van der Waals surface area contributed by atoms with Gasteiger partial charge in [-0.25, -0.2) is 0 Å². The fourth-order valence-corrected chi connectivity index (χ4v) is 2.57. The van der Waals surface area contributed by atoms with E-state index in [-0.39, 0.29) is 12.5 Å². The molecule has 0 saturated carbocycles. The van der Waals surface area contributed by atoms with Crippen LogP contribution in [-0.2, 0) is 6.61 Å². The number of hydrogen-bond donors (Lipinski definition) is 1. The second-order valence-electron chi connectivity index (χ2n) is 5.82. The van der Waals surface area contributed by atoms with Gasteiger partial charge in [-0.15, -0.1) is 0 Å². The number of rotatable bonds is 9. The lowest BCUT2D eigenvalue weighted by atomic mass is 10.2. The van der Waals surface area contributed by atoms with Crippen LogP contribution >= 0.6 is 0 Å². The number of nitrogens with zero attached hydrogens (tertiary/aromatic N) is 3. The lowest BCUT2D eigenvalue weighted by Gasteiger charge is -2.26. The smallest absolute Gasteiger partial charge is 0.251 e. The number of benzene rings is 1. The highest BCUT2D eigenvalue weighted by Crippen LogP contribution is 2.13. The van der Waals surface area contributed by atoms with Gasteiger partial charge in [0.25, 0.3) is 5.91 Å². The Kier molecular flexibility index (Phi) is 6.94. The minimum Gasteiger partial charge on any atom is -0.485 e. The van der Waals surface area contributed by atoms with Crippen LogP contribution in [0.5, 0.6) is 5.75 Å². The first-order valence-electron chi connectivity index (χ1n) is 8.57. The predicted molar refractivity (Wildman–Crippen MR) is 94.5 cm³/mol. The average Bonchev–Trinajstić information content (AvgIpc) is 3.04. The summed E-state index contributed by atoms with van der Waals surface area (Å²) in [5.74, 6) is 1.56. The molecule has 1 aromatic carbocycles. The molecule has 1 unspecified atom stereocenters. The molecule has 1 aromatic heterocycles. The van der Waals surface area contributed by atoms with E-state index >= 15 is 0 Å². The summed E-state index contributed by atoms with van der Waals surface area (Å²) in [7, 11) is 0. The van der Waals surface area contributed by atoms with E-state index in [1.807, 2.05) is 0 Å². The molecular weight excluding hydrogens is 320 g/mol. The quantitative estimate of drug-likeness (QED) is 0.751. The van der Waals surface area contributed by atoms with Gasteiger partial charge < -0.3 is 14.6 Å². The van der Waals surface area contributed by atoms with E-state index in [0.29, 0.717) is 35.6 Å². The molecule has 0 bridgehead atoms. The van der Waals surface area contributed by atoms with E-state index < -0.39 is 0 Å². The van der Waals surface area contributed by atoms with Crippen LogP contribution in [0.15, 0.2) is 28.8 Å². The Hall–Kier alpha value is -2.41. The van der Waals surface area contributed by atoms with Gasteiger partial charge in [-0.05, 0) is 44.3 Å². The zero-order valence-corrected chi connectivity index (χ0v) is 15.3. The molecule has 1 N–H and O–H groups in total. The Bertz CT molecular complexity index is 665. The van der Waals surface area contributed by atoms with Gasteiger partial charge in [-0.1, -0.05) is 19.0 Å². The standard InChI is InChI=1S/C18H26N4O3/c1-5-22(6-2)13(3)11-19-18(23)15-7-9-16(10-8-15)24-12-17-20-14(4)25-21-17/h7-10,13H,5-6,11-12H2,1-4H3,(H,19,23). The highest BCUT2D eigenvalue weighted by molar-refractivity contribution is 5.94. The Morgan fingerprint density at radius 3 is 2.52 bits per heavy atom. The van der Waals surface area contributed by atoms with Crippen LogP contribution in [0.3, 0.4) is 0 Å². The number of carbonyl (C=O) groups excluding carboxylic acids is 1. The van der Waals surface area contributed by atoms with Gasteiger partial charge in [-0.3, -0.25) is 9.69 Å². The third kappa shape index (κ3) is 5.56. The predicted octanol–water partition coefficient (Wildman–Crippen LogP) is 2.42. The van der Waals surface area contributed by atoms with Crippen LogP contribution in [0.4, 0.5) is 0 Å². The zero-order chi connectivity index (χ0) is 18.2. The first kappa shape index (κ1) is 18.9. The fraction of sp³-hybridized carbons (Fsp3) is 0.500. The molecule has 2 rings (SSSR count). The van der Waals surface area contributed by atoms with Gasteiger partial charge in [0, 0.05) is 25.1 Å². The number of nitrogens with one attached hydrogen (secondary N) is 1. The largest absolute Gasteiger partial charge is 0.485 e. The lowest BCUT2D eigenvalue weighted by Crippen LogP contribution is -2.41. The summed E-state index contributed by atoms with van der Waals surface area (Å²) in [5, 5.41) is 6.74. The Morgan fingerprint density at radius 2 is 1.96 bits per heavy atom. The molecule has 0 aliphatic rings. The van der Waals surface area contributed by atoms with Crippen molar-refractivity contribution < 1.29 is 14.1 Å². The van der Waals surface area contributed by atoms with Gasteiger partial charge in [0.15, 0.2) is 6.61 Å². The zero-order valence-electron chi connectivity index (χ0n) is 15.3. The molecule has 1 amide bonds. The van der Waals surface area contributed by atoms with Crippen LogP contribution < -0.4 is 10.1 Å². The first-order chi connectivity index (χ1) is 12.0. The van der Waals surface area contributed by atoms with Crippen LogP contribution in [-0.4, -0.2) is 46.6 Å². The summed E-state index contributed by atoms with van der Waals surface area (Å²) in [6, 6.07) is 7.31. The molecule has 0 aliphatic heterocycles. The molecule has 0 fully saturated rings. The fourth-order valence-electron chi connectivity index (χ4n) is 2.57. The van der Waals surface area contributed by atoms with Crippen molar-refractivity contribution in [2.75, 3.05) is 19.6 Å². The summed E-state index contributed by atoms with van der Waals surface area (Å²) < 4.78 is 10.5. The van der Waals surface area contributed by atoms with E-state index in [1.54, 1.807) is 31.2 Å². The van der Waals surface area contributed by atoms with Gasteiger partial charge in [-0.2, -0.15) is 4.98 Å². The Balaban J connectivity index is 1.83. The van der Waals surface area contributed by atoms with Crippen molar-refractivity contribution in [2.45, 2.75) is 40.3 Å². The molecule has 25 heavy (non-hydrogen) atoms. The third-order valence-electron chi connectivity index (χ3n) is 4.05. The van der Waals surface area contributed by atoms with Crippen LogP contribution in [0.2, 0.25) is 0 Å². The number of likely N-dealkylation sites (N-methyl/N-ethyl adjacent to an activating group) is 1. The molecular formula is C18H26N4O3. The third-order valence-corrected chi connectivity index (χ3v) is 4.05. The number of aromatic nitrogens is 2. The minimum atomic E-state index is -0.0839. The van der Waals surface area contributed by atoms with Gasteiger partial charge in [0.1, 0.15) is 5.75 Å². The highest BCUT2D eigenvalue weighted by atomic mass is 16.5. The number of ether oxygens (including phenoxy) is 1. The van der Waals surface area contributed by atoms with Crippen molar-refractivity contribution in [1.29, 1.82) is 0 Å². The van der Waals surface area contributed by atoms with Crippen molar-refractivity contribution >= 4 is 5.91 Å². The van der Waals surface area contributed by atoms with Crippen LogP contribution in [0.25, 0.3) is 0 Å². The molecule has 2 aromatic rings. The van der Waals surface area contributed by atoms with Crippen LogP contribution in [0, 0.1) is 6.92 Å². The van der Waals surface area contributed by atoms with Gasteiger partial charge in [0.2, 0.25) is 11.7 Å². The molecule has 1 atom stereocenters. The summed E-state index contributed by atoms with van der Waals surface area (Å²) in [6.45, 7) is 10.9. The van der Waals surface area contributed by atoms with Crippen molar-refractivity contribution in [3.05, 3.63) is 41.5 Å².